The molecule has 3 fully saturated rings. The quantitative estimate of drug-likeness (QED) is 0.734. The van der Waals surface area contributed by atoms with Crippen LogP contribution in [0.5, 0.6) is 0 Å². The van der Waals surface area contributed by atoms with Crippen LogP contribution in [0.25, 0.3) is 0 Å². The number of carbonyl (C=O) groups excluding carboxylic acids is 2. The van der Waals surface area contributed by atoms with Gasteiger partial charge in [-0.15, -0.1) is 11.3 Å². The van der Waals surface area contributed by atoms with Crippen molar-refractivity contribution in [3.05, 3.63) is 22.4 Å². The van der Waals surface area contributed by atoms with E-state index in [0.717, 1.165) is 25.9 Å². The molecule has 3 aliphatic heterocycles. The van der Waals surface area contributed by atoms with Crippen LogP contribution in [0, 0.1) is 5.41 Å². The summed E-state index contributed by atoms with van der Waals surface area (Å²) in [6, 6.07) is 3.26. The van der Waals surface area contributed by atoms with Gasteiger partial charge in [0.15, 0.2) is 0 Å². The zero-order valence-electron chi connectivity index (χ0n) is 15.5. The molecule has 4 rings (SSSR count). The van der Waals surface area contributed by atoms with Gasteiger partial charge in [-0.05, 0) is 37.1 Å². The topological polar surface area (TPSA) is 78.0 Å². The van der Waals surface area contributed by atoms with Crippen molar-refractivity contribution in [3.8, 4) is 0 Å². The number of piperidine rings is 1. The Kier molecular flexibility index (Phi) is 4.80. The van der Waals surface area contributed by atoms with Crippen LogP contribution >= 0.6 is 11.3 Å². The van der Waals surface area contributed by atoms with Gasteiger partial charge >= 0.3 is 0 Å². The summed E-state index contributed by atoms with van der Waals surface area (Å²) >= 11 is 1.39. The maximum Gasteiger partial charge on any atom is 0.263 e. The molecule has 3 saturated heterocycles. The van der Waals surface area contributed by atoms with Crippen LogP contribution in [-0.2, 0) is 14.8 Å². The summed E-state index contributed by atoms with van der Waals surface area (Å²) in [4.78, 5) is 30.7. The lowest BCUT2D eigenvalue weighted by Gasteiger charge is -2.53. The highest BCUT2D eigenvalue weighted by Gasteiger charge is 2.58. The summed E-state index contributed by atoms with van der Waals surface area (Å²) in [5.41, 5.74) is -0.838. The van der Waals surface area contributed by atoms with Crippen molar-refractivity contribution in [2.45, 2.75) is 31.7 Å². The molecule has 9 heteroatoms. The van der Waals surface area contributed by atoms with E-state index in [1.165, 1.54) is 15.6 Å². The van der Waals surface area contributed by atoms with Crippen molar-refractivity contribution in [2.24, 2.45) is 5.41 Å². The molecule has 2 amide bonds. The number of amides is 2. The van der Waals surface area contributed by atoms with E-state index in [9.17, 15) is 18.0 Å². The normalized spacial score (nSPS) is 30.9. The summed E-state index contributed by atoms with van der Waals surface area (Å²) in [5, 5.41) is 1.87. The second-order valence-corrected chi connectivity index (χ2v) is 10.8. The highest BCUT2D eigenvalue weighted by atomic mass is 32.2. The highest BCUT2D eigenvalue weighted by molar-refractivity contribution is 7.89. The van der Waals surface area contributed by atoms with Crippen LogP contribution in [0.15, 0.2) is 17.5 Å². The lowest BCUT2D eigenvalue weighted by molar-refractivity contribution is -0.148. The Morgan fingerprint density at radius 1 is 1.19 bits per heavy atom. The SMILES string of the molecule is CN1[C@@H]2CCN(C(=O)c3cccs3)C[C@@]2(C(=O)N2CCCC2)CCS1(=O)=O. The van der Waals surface area contributed by atoms with Crippen LogP contribution < -0.4 is 0 Å². The predicted octanol–water partition coefficient (Wildman–Crippen LogP) is 1.24. The van der Waals surface area contributed by atoms with Crippen LogP contribution in [0.2, 0.25) is 0 Å². The average Bonchev–Trinajstić information content (AvgIpc) is 3.37. The van der Waals surface area contributed by atoms with Gasteiger partial charge < -0.3 is 9.80 Å². The molecule has 27 heavy (non-hydrogen) atoms. The molecule has 2 atom stereocenters. The van der Waals surface area contributed by atoms with E-state index in [-0.39, 0.29) is 30.0 Å². The van der Waals surface area contributed by atoms with Gasteiger partial charge in [-0.1, -0.05) is 6.07 Å². The number of hydrogen-bond donors (Lipinski definition) is 0. The number of nitrogens with zero attached hydrogens (tertiary/aromatic N) is 3. The fraction of sp³-hybridized carbons (Fsp3) is 0.667. The molecule has 0 aliphatic carbocycles. The first-order chi connectivity index (χ1) is 12.8. The molecule has 148 valence electrons. The number of thiophene rings is 1. The summed E-state index contributed by atoms with van der Waals surface area (Å²) < 4.78 is 26.3. The van der Waals surface area contributed by atoms with Crippen LogP contribution in [0.1, 0.15) is 35.4 Å². The average molecular weight is 412 g/mol. The fourth-order valence-electron chi connectivity index (χ4n) is 4.79. The molecule has 0 saturated carbocycles. The molecular formula is C18H25N3O4S2. The number of carbonyl (C=O) groups is 2. The first-order valence-electron chi connectivity index (χ1n) is 9.43. The maximum atomic E-state index is 13.5. The van der Waals surface area contributed by atoms with E-state index in [0.29, 0.717) is 24.4 Å². The Balaban J connectivity index is 1.68. The molecule has 0 aromatic carbocycles. The van der Waals surface area contributed by atoms with Crippen molar-refractivity contribution >= 4 is 33.2 Å². The predicted molar refractivity (Wildman–Crippen MR) is 103 cm³/mol. The highest BCUT2D eigenvalue weighted by Crippen LogP contribution is 2.44. The Hall–Kier alpha value is -1.45. The van der Waals surface area contributed by atoms with E-state index in [4.69, 9.17) is 0 Å². The van der Waals surface area contributed by atoms with E-state index < -0.39 is 15.4 Å². The van der Waals surface area contributed by atoms with Gasteiger partial charge in [-0.25, -0.2) is 12.7 Å². The molecule has 7 nitrogen and oxygen atoms in total. The third kappa shape index (κ3) is 3.09. The molecule has 1 aromatic heterocycles. The van der Waals surface area contributed by atoms with E-state index in [2.05, 4.69) is 0 Å². The van der Waals surface area contributed by atoms with E-state index in [1.807, 2.05) is 16.3 Å². The van der Waals surface area contributed by atoms with Gasteiger partial charge in [0.1, 0.15) is 0 Å². The van der Waals surface area contributed by atoms with Crippen molar-refractivity contribution in [1.82, 2.24) is 14.1 Å². The third-order valence-electron chi connectivity index (χ3n) is 6.31. The number of sulfonamides is 1. The molecule has 0 radical (unpaired) electrons. The standard InChI is InChI=1S/C18H25N3O4S2/c1-19-15-6-10-21(16(22)14-5-4-11-26-14)13-18(15,7-12-27(19,24)25)17(23)20-8-2-3-9-20/h4-5,11,15H,2-3,6-10,12-13H2,1H3/t15-,18+/m1/s1. The van der Waals surface area contributed by atoms with Gasteiger partial charge in [0, 0.05) is 39.3 Å². The first kappa shape index (κ1) is 18.9. The summed E-state index contributed by atoms with van der Waals surface area (Å²) in [7, 11) is -1.76. The Bertz CT molecular complexity index is 833. The van der Waals surface area contributed by atoms with Crippen molar-refractivity contribution in [3.63, 3.8) is 0 Å². The molecule has 0 spiro atoms. The molecule has 0 bridgehead atoms. The Morgan fingerprint density at radius 2 is 1.93 bits per heavy atom. The van der Waals surface area contributed by atoms with Gasteiger partial charge in [0.2, 0.25) is 15.9 Å². The smallest absolute Gasteiger partial charge is 0.263 e. The monoisotopic (exact) mass is 411 g/mol. The number of fused-ring (bicyclic) bond motifs is 1. The largest absolute Gasteiger partial charge is 0.342 e. The maximum absolute atomic E-state index is 13.5. The molecule has 3 aliphatic rings. The molecule has 0 N–H and O–H groups in total. The van der Waals surface area contributed by atoms with Gasteiger partial charge in [0.25, 0.3) is 5.91 Å². The van der Waals surface area contributed by atoms with E-state index in [1.54, 1.807) is 18.0 Å². The van der Waals surface area contributed by atoms with Crippen LogP contribution in [0.4, 0.5) is 0 Å². The second-order valence-electron chi connectivity index (χ2n) is 7.75. The summed E-state index contributed by atoms with van der Waals surface area (Å²) in [6.07, 6.45) is 2.75. The zero-order valence-corrected chi connectivity index (χ0v) is 17.1. The Morgan fingerprint density at radius 3 is 2.59 bits per heavy atom. The lowest BCUT2D eigenvalue weighted by atomic mass is 9.71. The number of likely N-dealkylation sites (tertiary alicyclic amines) is 2. The van der Waals surface area contributed by atoms with Gasteiger partial charge in [-0.3, -0.25) is 9.59 Å². The van der Waals surface area contributed by atoms with Gasteiger partial charge in [0.05, 0.1) is 16.0 Å². The van der Waals surface area contributed by atoms with Crippen molar-refractivity contribution < 1.29 is 18.0 Å². The lowest BCUT2D eigenvalue weighted by Crippen LogP contribution is -2.67. The van der Waals surface area contributed by atoms with Crippen LogP contribution in [-0.4, -0.2) is 79.4 Å². The fourth-order valence-corrected chi connectivity index (χ4v) is 7.08. The molecule has 4 heterocycles. The molecule has 1 aromatic rings. The van der Waals surface area contributed by atoms with E-state index >= 15 is 0 Å². The third-order valence-corrected chi connectivity index (χ3v) is 9.02. The minimum absolute atomic E-state index is 0.0235. The van der Waals surface area contributed by atoms with Crippen LogP contribution in [0.3, 0.4) is 0 Å². The van der Waals surface area contributed by atoms with Crippen molar-refractivity contribution in [1.29, 1.82) is 0 Å². The molecule has 0 unspecified atom stereocenters. The zero-order chi connectivity index (χ0) is 19.2. The minimum Gasteiger partial charge on any atom is -0.342 e. The van der Waals surface area contributed by atoms with Crippen molar-refractivity contribution in [2.75, 3.05) is 39.0 Å². The number of hydrogen-bond acceptors (Lipinski definition) is 5. The first-order valence-corrected chi connectivity index (χ1v) is 11.9. The minimum atomic E-state index is -3.35. The second kappa shape index (κ2) is 6.86. The number of rotatable bonds is 2. The Labute approximate surface area is 164 Å². The molecular weight excluding hydrogens is 386 g/mol. The van der Waals surface area contributed by atoms with Gasteiger partial charge in [-0.2, -0.15) is 0 Å². The summed E-state index contributed by atoms with van der Waals surface area (Å²) in [6.45, 7) is 2.21. The summed E-state index contributed by atoms with van der Waals surface area (Å²) in [5.74, 6) is -0.0794.